The number of nitrogens with one attached hydrogen (secondary N) is 1. The van der Waals surface area contributed by atoms with Crippen molar-refractivity contribution in [2.75, 3.05) is 13.6 Å². The third kappa shape index (κ3) is 2.42. The molecule has 0 aliphatic carbocycles. The zero-order valence-electron chi connectivity index (χ0n) is 13.2. The second kappa shape index (κ2) is 6.35. The number of hydrogen-bond donors (Lipinski definition) is 1. The van der Waals surface area contributed by atoms with Crippen molar-refractivity contribution < 1.29 is 14.0 Å². The zero-order valence-corrected chi connectivity index (χ0v) is 13.2. The monoisotopic (exact) mass is 328 g/mol. The van der Waals surface area contributed by atoms with Gasteiger partial charge in [-0.2, -0.15) is 0 Å². The second-order valence-electron chi connectivity index (χ2n) is 5.57. The number of carbonyl (C=O) groups is 2. The highest BCUT2D eigenvalue weighted by atomic mass is 19.1. The van der Waals surface area contributed by atoms with E-state index in [0.717, 1.165) is 0 Å². The Morgan fingerprint density at radius 1 is 1.29 bits per heavy atom. The van der Waals surface area contributed by atoms with Crippen molar-refractivity contribution in [3.05, 3.63) is 59.9 Å². The maximum absolute atomic E-state index is 14.1. The van der Waals surface area contributed by atoms with Gasteiger partial charge in [0.2, 0.25) is 0 Å². The van der Waals surface area contributed by atoms with Gasteiger partial charge in [-0.25, -0.2) is 4.39 Å². The fraction of sp³-hybridized carbons (Fsp3) is 0.294. The molecule has 0 radical (unpaired) electrons. The van der Waals surface area contributed by atoms with Gasteiger partial charge < -0.3 is 10.2 Å². The molecule has 0 saturated carbocycles. The number of aromatic nitrogens is 2. The molecule has 0 spiro atoms. The summed E-state index contributed by atoms with van der Waals surface area (Å²) in [7, 11) is 1.50. The number of rotatable bonds is 3. The lowest BCUT2D eigenvalue weighted by Gasteiger charge is -2.36. The predicted octanol–water partition coefficient (Wildman–Crippen LogP) is 1.49. The average molecular weight is 328 g/mol. The van der Waals surface area contributed by atoms with Crippen molar-refractivity contribution in [3.8, 4) is 0 Å². The van der Waals surface area contributed by atoms with Crippen molar-refractivity contribution in [2.45, 2.75) is 18.4 Å². The van der Waals surface area contributed by atoms with Crippen LogP contribution in [0.1, 0.15) is 28.9 Å². The molecule has 1 atom stereocenters. The molecule has 2 heterocycles. The molecule has 2 amide bonds. The van der Waals surface area contributed by atoms with E-state index < -0.39 is 17.3 Å². The molecule has 7 heteroatoms. The Labute approximate surface area is 138 Å². The lowest BCUT2D eigenvalue weighted by atomic mass is 9.90. The van der Waals surface area contributed by atoms with Gasteiger partial charge in [-0.1, -0.05) is 12.1 Å². The molecule has 0 bridgehead atoms. The highest BCUT2D eigenvalue weighted by Gasteiger charge is 2.52. The number of amides is 2. The van der Waals surface area contributed by atoms with Crippen LogP contribution in [0.4, 0.5) is 4.39 Å². The molecule has 124 valence electrons. The zero-order chi connectivity index (χ0) is 17.2. The summed E-state index contributed by atoms with van der Waals surface area (Å²) in [4.78, 5) is 35.3. The first-order chi connectivity index (χ1) is 11.6. The number of halogens is 1. The Hall–Kier alpha value is -2.83. The van der Waals surface area contributed by atoms with E-state index in [4.69, 9.17) is 0 Å². The molecule has 2 aromatic rings. The number of carbonyl (C=O) groups excluding carboxylic acids is 2. The highest BCUT2D eigenvalue weighted by Crippen LogP contribution is 2.39. The van der Waals surface area contributed by atoms with E-state index in [9.17, 15) is 14.0 Å². The first kappa shape index (κ1) is 16.0. The highest BCUT2D eigenvalue weighted by molar-refractivity contribution is 6.00. The summed E-state index contributed by atoms with van der Waals surface area (Å²) in [5.74, 6) is -1.50. The van der Waals surface area contributed by atoms with Gasteiger partial charge in [-0.05, 0) is 25.0 Å². The summed E-state index contributed by atoms with van der Waals surface area (Å²) in [6.07, 6.45) is 5.47. The molecule has 1 N–H and O–H groups in total. The van der Waals surface area contributed by atoms with Gasteiger partial charge >= 0.3 is 0 Å². The van der Waals surface area contributed by atoms with Crippen molar-refractivity contribution in [3.63, 3.8) is 0 Å². The van der Waals surface area contributed by atoms with Crippen LogP contribution < -0.4 is 5.32 Å². The molecule has 24 heavy (non-hydrogen) atoms. The van der Waals surface area contributed by atoms with Gasteiger partial charge in [-0.3, -0.25) is 19.6 Å². The molecule has 3 rings (SSSR count). The second-order valence-corrected chi connectivity index (χ2v) is 5.57. The molecule has 6 nitrogen and oxygen atoms in total. The van der Waals surface area contributed by atoms with Crippen molar-refractivity contribution in [1.82, 2.24) is 20.2 Å². The summed E-state index contributed by atoms with van der Waals surface area (Å²) in [5.41, 5.74) is -0.953. The topological polar surface area (TPSA) is 75.2 Å². The average Bonchev–Trinajstić information content (AvgIpc) is 3.07. The minimum atomic E-state index is -1.28. The first-order valence-electron chi connectivity index (χ1n) is 7.66. The van der Waals surface area contributed by atoms with E-state index in [-0.39, 0.29) is 11.5 Å². The van der Waals surface area contributed by atoms with E-state index >= 15 is 0 Å². The van der Waals surface area contributed by atoms with Crippen LogP contribution in [0.5, 0.6) is 0 Å². The predicted molar refractivity (Wildman–Crippen MR) is 84.4 cm³/mol. The largest absolute Gasteiger partial charge is 0.357 e. The number of hydrogen-bond acceptors (Lipinski definition) is 4. The van der Waals surface area contributed by atoms with Crippen LogP contribution in [0, 0.1) is 5.82 Å². The number of benzene rings is 1. The smallest absolute Gasteiger partial charge is 0.258 e. The molecule has 1 aromatic heterocycles. The number of likely N-dealkylation sites (N-methyl/N-ethyl adjacent to an activating group) is 1. The van der Waals surface area contributed by atoms with E-state index in [2.05, 4.69) is 15.3 Å². The molecule has 1 fully saturated rings. The SMILES string of the molecule is CNC(=O)[C@@]1(c2cnccn2)CCCN1C(=O)c1ccccc1F. The van der Waals surface area contributed by atoms with Crippen LogP contribution in [-0.4, -0.2) is 40.3 Å². The maximum Gasteiger partial charge on any atom is 0.258 e. The first-order valence-corrected chi connectivity index (χ1v) is 7.66. The summed E-state index contributed by atoms with van der Waals surface area (Å²) in [5, 5.41) is 2.60. The van der Waals surface area contributed by atoms with Crippen LogP contribution in [0.25, 0.3) is 0 Å². The lowest BCUT2D eigenvalue weighted by molar-refractivity contribution is -0.131. The standard InChI is InChI=1S/C17H17FN4O2/c1-19-16(24)17(14-11-20-8-9-21-14)7-4-10-22(17)15(23)12-5-2-3-6-13(12)18/h2-3,5-6,8-9,11H,4,7,10H2,1H3,(H,19,24)/t17-/m0/s1. The van der Waals surface area contributed by atoms with Gasteiger partial charge in [0, 0.05) is 26.0 Å². The third-order valence-electron chi connectivity index (χ3n) is 4.32. The molecular formula is C17H17FN4O2. The minimum Gasteiger partial charge on any atom is -0.357 e. The molecule has 0 unspecified atom stereocenters. The fourth-order valence-electron chi connectivity index (χ4n) is 3.21. The number of nitrogens with zero attached hydrogens (tertiary/aromatic N) is 3. The van der Waals surface area contributed by atoms with E-state index in [1.807, 2.05) is 0 Å². The summed E-state index contributed by atoms with van der Waals surface area (Å²) in [6, 6.07) is 5.76. The Morgan fingerprint density at radius 3 is 2.75 bits per heavy atom. The van der Waals surface area contributed by atoms with Crippen molar-refractivity contribution in [1.29, 1.82) is 0 Å². The lowest BCUT2D eigenvalue weighted by Crippen LogP contribution is -2.55. The van der Waals surface area contributed by atoms with Crippen molar-refractivity contribution in [2.24, 2.45) is 0 Å². The fourth-order valence-corrected chi connectivity index (χ4v) is 3.21. The quantitative estimate of drug-likeness (QED) is 0.926. The van der Waals surface area contributed by atoms with Crippen LogP contribution >= 0.6 is 0 Å². The Kier molecular flexibility index (Phi) is 4.24. The molecule has 1 saturated heterocycles. The number of likely N-dealkylation sites (tertiary alicyclic amines) is 1. The molecular weight excluding hydrogens is 311 g/mol. The van der Waals surface area contributed by atoms with Gasteiger partial charge in [-0.15, -0.1) is 0 Å². The normalized spacial score (nSPS) is 20.0. The Bertz CT molecular complexity index is 768. The molecule has 1 aliphatic rings. The van der Waals surface area contributed by atoms with Crippen LogP contribution in [0.15, 0.2) is 42.9 Å². The molecule has 1 aliphatic heterocycles. The van der Waals surface area contributed by atoms with E-state index in [1.165, 1.54) is 48.7 Å². The minimum absolute atomic E-state index is 0.0587. The van der Waals surface area contributed by atoms with Gasteiger partial charge in [0.25, 0.3) is 11.8 Å². The van der Waals surface area contributed by atoms with Crippen LogP contribution in [0.2, 0.25) is 0 Å². The Balaban J connectivity index is 2.10. The van der Waals surface area contributed by atoms with Gasteiger partial charge in [0.05, 0.1) is 17.5 Å². The van der Waals surface area contributed by atoms with Crippen molar-refractivity contribution >= 4 is 11.8 Å². The van der Waals surface area contributed by atoms with Gasteiger partial charge in [0.15, 0.2) is 5.54 Å². The Morgan fingerprint density at radius 2 is 2.08 bits per heavy atom. The summed E-state index contributed by atoms with van der Waals surface area (Å²) >= 11 is 0. The summed E-state index contributed by atoms with van der Waals surface area (Å²) in [6.45, 7) is 0.344. The van der Waals surface area contributed by atoms with Gasteiger partial charge in [0.1, 0.15) is 5.82 Å². The van der Waals surface area contributed by atoms with E-state index in [0.29, 0.717) is 25.1 Å². The van der Waals surface area contributed by atoms with E-state index in [1.54, 1.807) is 6.07 Å². The molecule has 1 aromatic carbocycles. The maximum atomic E-state index is 14.1. The van der Waals surface area contributed by atoms with Crippen LogP contribution in [0.3, 0.4) is 0 Å². The third-order valence-corrected chi connectivity index (χ3v) is 4.32. The summed E-state index contributed by atoms with van der Waals surface area (Å²) < 4.78 is 14.1. The van der Waals surface area contributed by atoms with Crippen LogP contribution in [-0.2, 0) is 10.3 Å².